The summed E-state index contributed by atoms with van der Waals surface area (Å²) < 4.78 is 11.8. The Bertz CT molecular complexity index is 120. The normalized spacial score (nSPS) is 13.0. The Morgan fingerprint density at radius 3 is 1.50 bits per heavy atom. The van der Waals surface area contributed by atoms with Crippen LogP contribution in [0.25, 0.3) is 0 Å². The zero-order valence-corrected chi connectivity index (χ0v) is 11.3. The summed E-state index contributed by atoms with van der Waals surface area (Å²) >= 11 is -2.41. The van der Waals surface area contributed by atoms with Gasteiger partial charge in [0.1, 0.15) is 0 Å². The Balaban J connectivity index is 4.35. The van der Waals surface area contributed by atoms with E-state index in [1.54, 1.807) is 14.2 Å². The van der Waals surface area contributed by atoms with Gasteiger partial charge < -0.3 is 0 Å². The van der Waals surface area contributed by atoms with Gasteiger partial charge in [0.05, 0.1) is 0 Å². The molecule has 74 valence electrons. The maximum atomic E-state index is 5.62. The van der Waals surface area contributed by atoms with E-state index < -0.39 is 13.9 Å². The first kappa shape index (κ1) is 12.5. The molecule has 2 nitrogen and oxygen atoms in total. The van der Waals surface area contributed by atoms with Crippen molar-refractivity contribution in [1.29, 1.82) is 0 Å². The molecule has 0 saturated heterocycles. The van der Waals surface area contributed by atoms with Gasteiger partial charge in [0.2, 0.25) is 0 Å². The van der Waals surface area contributed by atoms with E-state index >= 15 is 0 Å². The first-order valence-electron chi connectivity index (χ1n) is 4.58. The molecule has 12 heavy (non-hydrogen) atoms. The molecular formula is C9H22GeO2. The molecule has 0 spiro atoms. The van der Waals surface area contributed by atoms with Gasteiger partial charge in [0.25, 0.3) is 0 Å². The summed E-state index contributed by atoms with van der Waals surface area (Å²) in [6.07, 6.45) is 0. The molecule has 0 unspecified atom stereocenters. The van der Waals surface area contributed by atoms with Crippen LogP contribution in [-0.2, 0) is 7.53 Å². The molecule has 0 N–H and O–H groups in total. The Morgan fingerprint density at radius 1 is 1.00 bits per heavy atom. The molecule has 0 atom stereocenters. The summed E-state index contributed by atoms with van der Waals surface area (Å²) in [5, 5.41) is 1.13. The summed E-state index contributed by atoms with van der Waals surface area (Å²) in [5.74, 6) is 0.673. The van der Waals surface area contributed by atoms with Crippen LogP contribution in [0.3, 0.4) is 0 Å². The van der Waals surface area contributed by atoms with Crippen LogP contribution in [-0.4, -0.2) is 28.2 Å². The summed E-state index contributed by atoms with van der Waals surface area (Å²) in [5.41, 5.74) is 0. The van der Waals surface area contributed by atoms with Gasteiger partial charge in [-0.2, -0.15) is 0 Å². The first-order valence-corrected chi connectivity index (χ1v) is 8.99. The molecule has 0 aliphatic carbocycles. The Kier molecular flexibility index (Phi) is 5.45. The van der Waals surface area contributed by atoms with Crippen molar-refractivity contribution in [3.63, 3.8) is 0 Å². The standard InChI is InChI=1S/C9H22GeO2/c1-8(2)7-10(11-5,12-6)9(3)4/h8-9H,7H2,1-6H3. The molecule has 0 aromatic heterocycles. The minimum absolute atomic E-state index is 0.572. The van der Waals surface area contributed by atoms with E-state index in [2.05, 4.69) is 27.7 Å². The van der Waals surface area contributed by atoms with Crippen molar-refractivity contribution >= 4 is 13.9 Å². The molecule has 0 heterocycles. The second-order valence-electron chi connectivity index (χ2n) is 3.97. The minimum atomic E-state index is -2.41. The van der Waals surface area contributed by atoms with E-state index in [9.17, 15) is 0 Å². The summed E-state index contributed by atoms with van der Waals surface area (Å²) in [7, 11) is 3.60. The average molecular weight is 235 g/mol. The third-order valence-corrected chi connectivity index (χ3v) is 11.8. The number of hydrogen-bond donors (Lipinski definition) is 0. The summed E-state index contributed by atoms with van der Waals surface area (Å²) in [4.78, 5) is 0. The molecule has 0 bridgehead atoms. The van der Waals surface area contributed by atoms with E-state index in [-0.39, 0.29) is 0 Å². The monoisotopic (exact) mass is 236 g/mol. The molecule has 0 aliphatic rings. The predicted octanol–water partition coefficient (Wildman–Crippen LogP) is 2.79. The molecule has 0 amide bonds. The molecule has 0 rings (SSSR count). The van der Waals surface area contributed by atoms with Crippen LogP contribution in [0.5, 0.6) is 0 Å². The van der Waals surface area contributed by atoms with Crippen molar-refractivity contribution < 1.29 is 7.53 Å². The van der Waals surface area contributed by atoms with Crippen LogP contribution in [0, 0.1) is 5.92 Å². The van der Waals surface area contributed by atoms with Crippen LogP contribution in [0.15, 0.2) is 0 Å². The van der Waals surface area contributed by atoms with Gasteiger partial charge in [-0.05, 0) is 0 Å². The van der Waals surface area contributed by atoms with E-state index in [1.807, 2.05) is 0 Å². The molecule has 0 aromatic carbocycles. The van der Waals surface area contributed by atoms with Crippen LogP contribution in [0.2, 0.25) is 10.0 Å². The van der Waals surface area contributed by atoms with Crippen LogP contribution in [0.1, 0.15) is 27.7 Å². The van der Waals surface area contributed by atoms with E-state index in [1.165, 1.54) is 0 Å². The van der Waals surface area contributed by atoms with Gasteiger partial charge in [0.15, 0.2) is 0 Å². The quantitative estimate of drug-likeness (QED) is 0.682. The van der Waals surface area contributed by atoms with E-state index in [0.29, 0.717) is 10.7 Å². The fraction of sp³-hybridized carbons (Fsp3) is 1.00. The van der Waals surface area contributed by atoms with Gasteiger partial charge in [-0.25, -0.2) is 0 Å². The van der Waals surface area contributed by atoms with Gasteiger partial charge in [-0.15, -0.1) is 0 Å². The molecular weight excluding hydrogens is 213 g/mol. The van der Waals surface area contributed by atoms with Gasteiger partial charge >= 0.3 is 79.3 Å². The Morgan fingerprint density at radius 2 is 1.42 bits per heavy atom. The number of rotatable bonds is 5. The second kappa shape index (κ2) is 5.25. The van der Waals surface area contributed by atoms with Crippen molar-refractivity contribution in [3.8, 4) is 0 Å². The maximum absolute atomic E-state index is 5.62. The van der Waals surface area contributed by atoms with Crippen molar-refractivity contribution in [3.05, 3.63) is 0 Å². The predicted molar refractivity (Wildman–Crippen MR) is 54.5 cm³/mol. The van der Waals surface area contributed by atoms with E-state index in [4.69, 9.17) is 7.53 Å². The van der Waals surface area contributed by atoms with Crippen LogP contribution >= 0.6 is 0 Å². The molecule has 0 fully saturated rings. The molecule has 0 radical (unpaired) electrons. The Labute approximate surface area is 79.7 Å². The van der Waals surface area contributed by atoms with Crippen LogP contribution < -0.4 is 0 Å². The molecule has 0 aromatic rings. The zero-order chi connectivity index (χ0) is 9.78. The van der Waals surface area contributed by atoms with Gasteiger partial charge in [-0.1, -0.05) is 0 Å². The van der Waals surface area contributed by atoms with Crippen molar-refractivity contribution in [2.24, 2.45) is 5.92 Å². The first-order chi connectivity index (χ1) is 5.48. The second-order valence-corrected chi connectivity index (χ2v) is 12.4. The van der Waals surface area contributed by atoms with Crippen molar-refractivity contribution in [2.75, 3.05) is 14.2 Å². The van der Waals surface area contributed by atoms with Gasteiger partial charge in [-0.3, -0.25) is 0 Å². The zero-order valence-electron chi connectivity index (χ0n) is 9.18. The van der Waals surface area contributed by atoms with Gasteiger partial charge in [0, 0.05) is 0 Å². The molecule has 3 heteroatoms. The molecule has 0 saturated carbocycles. The SMILES string of the molecule is C[O][Ge]([CH2]C(C)C)([O]C)[CH](C)C. The topological polar surface area (TPSA) is 18.5 Å². The summed E-state index contributed by atoms with van der Waals surface area (Å²) in [6, 6.07) is 0. The molecule has 0 aliphatic heterocycles. The fourth-order valence-corrected chi connectivity index (χ4v) is 7.93. The summed E-state index contributed by atoms with van der Waals surface area (Å²) in [6.45, 7) is 8.85. The van der Waals surface area contributed by atoms with Crippen molar-refractivity contribution in [1.82, 2.24) is 0 Å². The third kappa shape index (κ3) is 3.07. The van der Waals surface area contributed by atoms with E-state index in [0.717, 1.165) is 5.25 Å². The average Bonchev–Trinajstić information content (AvgIpc) is 1.99. The van der Waals surface area contributed by atoms with Crippen molar-refractivity contribution in [2.45, 2.75) is 37.7 Å². The Hall–Kier alpha value is 0.463. The number of hydrogen-bond acceptors (Lipinski definition) is 2. The fourth-order valence-electron chi connectivity index (χ4n) is 1.53. The van der Waals surface area contributed by atoms with Crippen LogP contribution in [0.4, 0.5) is 0 Å². The third-order valence-electron chi connectivity index (χ3n) is 2.26.